The monoisotopic (exact) mass is 449 g/mol. The molecule has 2 aromatic carbocycles. The van der Waals surface area contributed by atoms with Crippen LogP contribution < -0.4 is 15.8 Å². The first-order valence-electron chi connectivity index (χ1n) is 7.99. The van der Waals surface area contributed by atoms with Crippen LogP contribution in [0.15, 0.2) is 42.5 Å². The second-order valence-corrected chi connectivity index (χ2v) is 16.0. The minimum absolute atomic E-state index is 0.495. The van der Waals surface area contributed by atoms with Gasteiger partial charge >= 0.3 is 35.6 Å². The molecule has 0 aliphatic rings. The van der Waals surface area contributed by atoms with E-state index in [4.69, 9.17) is 18.6 Å². The fourth-order valence-electron chi connectivity index (χ4n) is 2.52. The summed E-state index contributed by atoms with van der Waals surface area (Å²) in [6.07, 6.45) is 0. The Balaban J connectivity index is 0.000000970. The molecule has 2 rings (SSSR count). The molecule has 2 nitrogen and oxygen atoms in total. The molecule has 0 aromatic heterocycles. The van der Waals surface area contributed by atoms with E-state index in [1.165, 1.54) is 10.9 Å². The molecule has 1 atom stereocenters. The van der Waals surface area contributed by atoms with Gasteiger partial charge in [0.2, 0.25) is 0 Å². The third-order valence-electron chi connectivity index (χ3n) is 3.62. The van der Waals surface area contributed by atoms with Crippen LogP contribution in [0.5, 0.6) is 5.75 Å². The molecule has 0 saturated heterocycles. The van der Waals surface area contributed by atoms with Crippen molar-refractivity contribution >= 4 is 51.1 Å². The number of halogens is 2. The van der Waals surface area contributed by atoms with E-state index < -0.39 is 25.1 Å². The molecular formula is C18H26Cl2NOPSiTi. The summed E-state index contributed by atoms with van der Waals surface area (Å²) >= 11 is -0.556. The fourth-order valence-corrected chi connectivity index (χ4v) is 5.31. The molecule has 0 aliphatic heterocycles. The van der Waals surface area contributed by atoms with Crippen LogP contribution in [0.4, 0.5) is 0 Å². The van der Waals surface area contributed by atoms with Gasteiger partial charge in [0.1, 0.15) is 5.75 Å². The number of para-hydroxylation sites is 1. The molecule has 1 unspecified atom stereocenters. The standard InChI is InChI=1S/C18H26NOPSi.2ClH.Ti/c1-19(2)13-14-9-6-7-10-15(14)21-16-11-8-12-17(18(16)20)22(3,4)5;;;/h6-12,20-21H,13H2,1-5H3;2*1H;/q;;;+2/p-2. The van der Waals surface area contributed by atoms with Crippen molar-refractivity contribution in [1.82, 2.24) is 4.90 Å². The van der Waals surface area contributed by atoms with Crippen LogP contribution in [0.1, 0.15) is 5.56 Å². The maximum absolute atomic E-state index is 10.7. The molecule has 1 N–H and O–H groups in total. The number of phenolic OH excluding ortho intramolecular Hbond substituents is 1. The predicted octanol–water partition coefficient (Wildman–Crippen LogP) is 4.00. The Morgan fingerprint density at radius 1 is 1.00 bits per heavy atom. The van der Waals surface area contributed by atoms with E-state index in [0.717, 1.165) is 17.0 Å². The van der Waals surface area contributed by atoms with E-state index >= 15 is 0 Å². The molecule has 0 amide bonds. The summed E-state index contributed by atoms with van der Waals surface area (Å²) in [6.45, 7) is 7.75. The van der Waals surface area contributed by atoms with Gasteiger partial charge < -0.3 is 10.0 Å². The van der Waals surface area contributed by atoms with Crippen molar-refractivity contribution in [3.63, 3.8) is 0 Å². The van der Waals surface area contributed by atoms with Gasteiger partial charge in [-0.1, -0.05) is 70.7 Å². The van der Waals surface area contributed by atoms with Crippen molar-refractivity contribution in [2.75, 3.05) is 14.1 Å². The molecule has 25 heavy (non-hydrogen) atoms. The first-order chi connectivity index (χ1) is 11.7. The van der Waals surface area contributed by atoms with E-state index in [-0.39, 0.29) is 0 Å². The van der Waals surface area contributed by atoms with Gasteiger partial charge in [0.25, 0.3) is 0 Å². The molecule has 0 heterocycles. The van der Waals surface area contributed by atoms with Gasteiger partial charge in [0, 0.05) is 11.8 Å². The Labute approximate surface area is 171 Å². The van der Waals surface area contributed by atoms with E-state index in [1.54, 1.807) is 0 Å². The number of phenols is 1. The zero-order valence-corrected chi connectivity index (χ0v) is 20.5. The molecule has 2 aromatic rings. The topological polar surface area (TPSA) is 23.5 Å². The molecule has 0 radical (unpaired) electrons. The summed E-state index contributed by atoms with van der Waals surface area (Å²) in [6, 6.07) is 14.8. The average molecular weight is 450 g/mol. The van der Waals surface area contributed by atoms with E-state index in [2.05, 4.69) is 81.1 Å². The molecule has 0 spiro atoms. The summed E-state index contributed by atoms with van der Waals surface area (Å²) in [4.78, 5) is 2.18. The Bertz CT molecular complexity index is 680. The van der Waals surface area contributed by atoms with Crippen molar-refractivity contribution < 1.29 is 22.1 Å². The van der Waals surface area contributed by atoms with Gasteiger partial charge in [-0.05, 0) is 30.2 Å². The van der Waals surface area contributed by atoms with Crippen LogP contribution in [0.25, 0.3) is 0 Å². The van der Waals surface area contributed by atoms with Crippen LogP contribution in [0.3, 0.4) is 0 Å². The van der Waals surface area contributed by atoms with Gasteiger partial charge in [-0.3, -0.25) is 0 Å². The number of rotatable bonds is 5. The zero-order valence-electron chi connectivity index (χ0n) is 15.4. The quantitative estimate of drug-likeness (QED) is 0.550. The van der Waals surface area contributed by atoms with Crippen LogP contribution in [0.2, 0.25) is 19.6 Å². The first-order valence-corrected chi connectivity index (χ1v) is 16.8. The summed E-state index contributed by atoms with van der Waals surface area (Å²) in [5, 5.41) is 14.2. The van der Waals surface area contributed by atoms with Gasteiger partial charge in [-0.15, -0.1) is 0 Å². The van der Waals surface area contributed by atoms with Crippen molar-refractivity contribution in [2.45, 2.75) is 26.2 Å². The maximum atomic E-state index is 10.7. The summed E-state index contributed by atoms with van der Waals surface area (Å²) in [7, 11) is 12.9. The Kier molecular flexibility index (Phi) is 10.3. The SMILES string of the molecule is CN(C)Cc1ccccc1Pc1cccc([Si](C)(C)C)c1O.[Cl][Ti][Cl]. The van der Waals surface area contributed by atoms with Crippen LogP contribution in [-0.2, 0) is 23.6 Å². The van der Waals surface area contributed by atoms with Crippen molar-refractivity contribution in [2.24, 2.45) is 0 Å². The Morgan fingerprint density at radius 3 is 2.12 bits per heavy atom. The van der Waals surface area contributed by atoms with E-state index in [9.17, 15) is 5.11 Å². The molecule has 136 valence electrons. The van der Waals surface area contributed by atoms with Gasteiger partial charge in [0.15, 0.2) is 0 Å². The summed E-state index contributed by atoms with van der Waals surface area (Å²) in [5.74, 6) is 0.514. The molecule has 0 fully saturated rings. The first kappa shape index (κ1) is 23.2. The van der Waals surface area contributed by atoms with Crippen molar-refractivity contribution in [3.05, 3.63) is 48.0 Å². The number of aromatic hydroxyl groups is 1. The number of hydrogen-bond donors (Lipinski definition) is 1. The second kappa shape index (κ2) is 11.1. The van der Waals surface area contributed by atoms with Gasteiger partial charge in [0.05, 0.1) is 8.07 Å². The Hall–Kier alpha value is 0.141. The third-order valence-corrected chi connectivity index (χ3v) is 7.07. The predicted molar refractivity (Wildman–Crippen MR) is 114 cm³/mol. The zero-order chi connectivity index (χ0) is 19.0. The number of hydrogen-bond acceptors (Lipinski definition) is 2. The Morgan fingerprint density at radius 2 is 1.56 bits per heavy atom. The van der Waals surface area contributed by atoms with Crippen LogP contribution in [-0.4, -0.2) is 32.2 Å². The second-order valence-electron chi connectivity index (χ2n) is 7.04. The summed E-state index contributed by atoms with van der Waals surface area (Å²) in [5.41, 5.74) is 1.34. The summed E-state index contributed by atoms with van der Waals surface area (Å²) < 4.78 is 0. The molecule has 0 saturated carbocycles. The van der Waals surface area contributed by atoms with Gasteiger partial charge in [-0.25, -0.2) is 0 Å². The molecule has 7 heteroatoms. The normalized spacial score (nSPS) is 11.5. The minimum atomic E-state index is -1.52. The molecule has 0 bridgehead atoms. The van der Waals surface area contributed by atoms with E-state index in [1.807, 2.05) is 0 Å². The molecular weight excluding hydrogens is 424 g/mol. The molecule has 0 aliphatic carbocycles. The number of benzene rings is 2. The third kappa shape index (κ3) is 7.72. The van der Waals surface area contributed by atoms with Gasteiger partial charge in [-0.2, -0.15) is 0 Å². The van der Waals surface area contributed by atoms with Crippen molar-refractivity contribution in [1.29, 1.82) is 0 Å². The average Bonchev–Trinajstić information content (AvgIpc) is 2.50. The number of nitrogens with zero attached hydrogens (tertiary/aromatic N) is 1. The van der Waals surface area contributed by atoms with Crippen LogP contribution in [0, 0.1) is 0 Å². The fraction of sp³-hybridized carbons (Fsp3) is 0.333. The van der Waals surface area contributed by atoms with Crippen LogP contribution >= 0.6 is 27.2 Å². The van der Waals surface area contributed by atoms with E-state index in [0.29, 0.717) is 14.3 Å². The van der Waals surface area contributed by atoms with Crippen molar-refractivity contribution in [3.8, 4) is 5.75 Å².